The van der Waals surface area contributed by atoms with E-state index in [0.29, 0.717) is 16.4 Å². The lowest BCUT2D eigenvalue weighted by Gasteiger charge is -2.02. The van der Waals surface area contributed by atoms with E-state index >= 15 is 0 Å². The molecule has 1 aromatic carbocycles. The van der Waals surface area contributed by atoms with Gasteiger partial charge in [0.05, 0.1) is 11.3 Å². The van der Waals surface area contributed by atoms with Crippen LogP contribution in [0.25, 0.3) is 0 Å². The number of nitrogens with two attached hydrogens (primary N) is 1. The first-order valence-corrected chi connectivity index (χ1v) is 5.36. The molecule has 2 N–H and O–H groups in total. The van der Waals surface area contributed by atoms with E-state index in [9.17, 15) is 0 Å². The minimum absolute atomic E-state index is 0.475. The molecule has 16 heavy (non-hydrogen) atoms. The van der Waals surface area contributed by atoms with E-state index in [-0.39, 0.29) is 0 Å². The summed E-state index contributed by atoms with van der Waals surface area (Å²) in [5, 5.41) is 9.40. The highest BCUT2D eigenvalue weighted by Gasteiger charge is 2.03. The molecule has 0 atom stereocenters. The summed E-state index contributed by atoms with van der Waals surface area (Å²) in [5.74, 6) is 0. The minimum atomic E-state index is 0.475. The Morgan fingerprint density at radius 1 is 1.25 bits per heavy atom. The summed E-state index contributed by atoms with van der Waals surface area (Å²) >= 11 is 1.41. The number of hydrogen-bond acceptors (Lipinski definition) is 5. The molecule has 78 valence electrons. The van der Waals surface area contributed by atoms with Gasteiger partial charge in [-0.15, -0.1) is 0 Å². The lowest BCUT2D eigenvalue weighted by molar-refractivity contribution is 0.967. The maximum Gasteiger partial charge on any atom is 0.192 e. The first kappa shape index (κ1) is 10.5. The van der Waals surface area contributed by atoms with E-state index in [2.05, 4.69) is 9.97 Å². The molecule has 0 fully saturated rings. The van der Waals surface area contributed by atoms with E-state index in [1.165, 1.54) is 11.8 Å². The third kappa shape index (κ3) is 2.30. The molecule has 1 heterocycles. The molecule has 0 radical (unpaired) electrons. The fraction of sp³-hybridized carbons (Fsp3) is 0. The van der Waals surface area contributed by atoms with Crippen molar-refractivity contribution in [2.75, 3.05) is 5.73 Å². The molecule has 2 aromatic rings. The molecule has 4 nitrogen and oxygen atoms in total. The topological polar surface area (TPSA) is 75.6 Å². The van der Waals surface area contributed by atoms with Gasteiger partial charge in [0.2, 0.25) is 0 Å². The maximum absolute atomic E-state index is 8.74. The van der Waals surface area contributed by atoms with E-state index in [4.69, 9.17) is 11.0 Å². The second-order valence-corrected chi connectivity index (χ2v) is 4.03. The van der Waals surface area contributed by atoms with Gasteiger partial charge in [0.25, 0.3) is 0 Å². The van der Waals surface area contributed by atoms with Gasteiger partial charge in [-0.2, -0.15) is 5.26 Å². The molecule has 5 heteroatoms. The normalized spacial score (nSPS) is 9.69. The van der Waals surface area contributed by atoms with E-state index < -0.39 is 0 Å². The number of aromatic nitrogens is 2. The molecule has 0 bridgehead atoms. The van der Waals surface area contributed by atoms with Crippen LogP contribution in [0.4, 0.5) is 5.69 Å². The van der Waals surface area contributed by atoms with Gasteiger partial charge in [-0.1, -0.05) is 0 Å². The van der Waals surface area contributed by atoms with Gasteiger partial charge in [0.1, 0.15) is 6.07 Å². The summed E-state index contributed by atoms with van der Waals surface area (Å²) < 4.78 is 0. The Bertz CT molecular complexity index is 533. The number of nitriles is 1. The summed E-state index contributed by atoms with van der Waals surface area (Å²) in [7, 11) is 0. The molecule has 0 aliphatic rings. The van der Waals surface area contributed by atoms with Crippen LogP contribution in [0, 0.1) is 11.3 Å². The van der Waals surface area contributed by atoms with Gasteiger partial charge in [-0.05, 0) is 36.0 Å². The van der Waals surface area contributed by atoms with Crippen molar-refractivity contribution in [2.24, 2.45) is 0 Å². The maximum atomic E-state index is 8.74. The van der Waals surface area contributed by atoms with Crippen molar-refractivity contribution in [3.63, 3.8) is 0 Å². The standard InChI is InChI=1S/C11H8N4S/c12-7-8-2-3-9(6-10(8)13)16-11-14-4-1-5-15-11/h1-6H,13H2. The Labute approximate surface area is 97.1 Å². The van der Waals surface area contributed by atoms with Crippen molar-refractivity contribution >= 4 is 17.4 Å². The van der Waals surface area contributed by atoms with Crippen LogP contribution in [-0.4, -0.2) is 9.97 Å². The number of nitrogens with zero attached hydrogens (tertiary/aromatic N) is 3. The van der Waals surface area contributed by atoms with Crippen LogP contribution in [0.1, 0.15) is 5.56 Å². The molecule has 0 saturated carbocycles. The lowest BCUT2D eigenvalue weighted by Crippen LogP contribution is -1.90. The van der Waals surface area contributed by atoms with Crippen LogP contribution < -0.4 is 5.73 Å². The quantitative estimate of drug-likeness (QED) is 0.629. The van der Waals surface area contributed by atoms with Crippen molar-refractivity contribution in [1.29, 1.82) is 5.26 Å². The van der Waals surface area contributed by atoms with E-state index in [0.717, 1.165) is 4.90 Å². The highest BCUT2D eigenvalue weighted by Crippen LogP contribution is 2.26. The first-order valence-electron chi connectivity index (χ1n) is 4.54. The van der Waals surface area contributed by atoms with Gasteiger partial charge in [0.15, 0.2) is 5.16 Å². The van der Waals surface area contributed by atoms with Crippen LogP contribution in [-0.2, 0) is 0 Å². The van der Waals surface area contributed by atoms with Crippen LogP contribution in [0.3, 0.4) is 0 Å². The average Bonchev–Trinajstić information content (AvgIpc) is 2.31. The smallest absolute Gasteiger partial charge is 0.192 e. The summed E-state index contributed by atoms with van der Waals surface area (Å²) in [6.07, 6.45) is 3.37. The van der Waals surface area contributed by atoms with Gasteiger partial charge in [-0.3, -0.25) is 0 Å². The molecule has 1 aromatic heterocycles. The largest absolute Gasteiger partial charge is 0.398 e. The third-order valence-electron chi connectivity index (χ3n) is 1.89. The third-order valence-corrected chi connectivity index (χ3v) is 2.78. The predicted octanol–water partition coefficient (Wildman–Crippen LogP) is 2.08. The molecular formula is C11H8N4S. The number of nitrogen functional groups attached to an aromatic ring is 1. The number of rotatable bonds is 2. The Morgan fingerprint density at radius 2 is 2.00 bits per heavy atom. The molecule has 2 rings (SSSR count). The zero-order valence-corrected chi connectivity index (χ0v) is 9.11. The van der Waals surface area contributed by atoms with Gasteiger partial charge in [-0.25, -0.2) is 9.97 Å². The van der Waals surface area contributed by atoms with Crippen LogP contribution in [0.15, 0.2) is 46.7 Å². The van der Waals surface area contributed by atoms with Gasteiger partial charge < -0.3 is 5.73 Å². The average molecular weight is 228 g/mol. The second-order valence-electron chi connectivity index (χ2n) is 2.99. The van der Waals surface area contributed by atoms with Crippen molar-refractivity contribution < 1.29 is 0 Å². The Kier molecular flexibility index (Phi) is 3.03. The number of hydrogen-bond donors (Lipinski definition) is 1. The van der Waals surface area contributed by atoms with Gasteiger partial charge in [0, 0.05) is 17.3 Å². The van der Waals surface area contributed by atoms with Crippen LogP contribution in [0.2, 0.25) is 0 Å². The minimum Gasteiger partial charge on any atom is -0.398 e. The predicted molar refractivity (Wildman–Crippen MR) is 61.7 cm³/mol. The zero-order chi connectivity index (χ0) is 11.4. The molecule has 0 saturated heterocycles. The molecule has 0 amide bonds. The molecule has 0 spiro atoms. The molecule has 0 aliphatic heterocycles. The Hall–Kier alpha value is -2.06. The second kappa shape index (κ2) is 4.64. The van der Waals surface area contributed by atoms with Crippen molar-refractivity contribution in [2.45, 2.75) is 10.1 Å². The van der Waals surface area contributed by atoms with Crippen LogP contribution in [0.5, 0.6) is 0 Å². The molecule has 0 unspecified atom stereocenters. The lowest BCUT2D eigenvalue weighted by atomic mass is 10.2. The highest BCUT2D eigenvalue weighted by atomic mass is 32.2. The fourth-order valence-corrected chi connectivity index (χ4v) is 1.91. The number of anilines is 1. The fourth-order valence-electron chi connectivity index (χ4n) is 1.15. The van der Waals surface area contributed by atoms with Crippen molar-refractivity contribution in [1.82, 2.24) is 9.97 Å². The molecular weight excluding hydrogens is 220 g/mol. The number of benzene rings is 1. The Morgan fingerprint density at radius 3 is 2.62 bits per heavy atom. The summed E-state index contributed by atoms with van der Waals surface area (Å²) in [5.41, 5.74) is 6.67. The highest BCUT2D eigenvalue weighted by molar-refractivity contribution is 7.99. The van der Waals surface area contributed by atoms with Crippen LogP contribution >= 0.6 is 11.8 Å². The van der Waals surface area contributed by atoms with E-state index in [1.807, 2.05) is 12.1 Å². The Balaban J connectivity index is 2.24. The summed E-state index contributed by atoms with van der Waals surface area (Å²) in [6, 6.07) is 9.06. The first-order chi connectivity index (χ1) is 7.79. The molecule has 0 aliphatic carbocycles. The zero-order valence-electron chi connectivity index (χ0n) is 8.29. The SMILES string of the molecule is N#Cc1ccc(Sc2ncccn2)cc1N. The van der Waals surface area contributed by atoms with Crippen molar-refractivity contribution in [3.8, 4) is 6.07 Å². The summed E-state index contributed by atoms with van der Waals surface area (Å²) in [6.45, 7) is 0. The van der Waals surface area contributed by atoms with E-state index in [1.54, 1.807) is 30.6 Å². The summed E-state index contributed by atoms with van der Waals surface area (Å²) in [4.78, 5) is 9.10. The monoisotopic (exact) mass is 228 g/mol. The van der Waals surface area contributed by atoms with Gasteiger partial charge >= 0.3 is 0 Å². The van der Waals surface area contributed by atoms with Crippen molar-refractivity contribution in [3.05, 3.63) is 42.2 Å².